The third-order valence-corrected chi connectivity index (χ3v) is 6.35. The Morgan fingerprint density at radius 2 is 2.16 bits per heavy atom. The zero-order chi connectivity index (χ0) is 18.4. The van der Waals surface area contributed by atoms with Crippen LogP contribution in [0.5, 0.6) is 0 Å². The van der Waals surface area contributed by atoms with Crippen LogP contribution in [0.25, 0.3) is 0 Å². The Bertz CT molecular complexity index is 715. The van der Waals surface area contributed by atoms with Crippen molar-refractivity contribution in [2.75, 3.05) is 30.7 Å². The molecule has 0 saturated carbocycles. The van der Waals surface area contributed by atoms with Crippen LogP contribution in [-0.4, -0.2) is 47.7 Å². The van der Waals surface area contributed by atoms with Crippen molar-refractivity contribution in [1.82, 2.24) is 13.9 Å². The van der Waals surface area contributed by atoms with Crippen molar-refractivity contribution < 1.29 is 8.42 Å². The largest absolute Gasteiger partial charge is 0.365 e. The van der Waals surface area contributed by atoms with E-state index < -0.39 is 10.0 Å². The number of anilines is 1. The molecule has 0 spiro atoms. The van der Waals surface area contributed by atoms with Crippen LogP contribution in [0, 0.1) is 11.8 Å². The topological polar surface area (TPSA) is 84.3 Å². The Hall–Kier alpha value is -1.41. The van der Waals surface area contributed by atoms with Crippen molar-refractivity contribution >= 4 is 15.8 Å². The van der Waals surface area contributed by atoms with E-state index in [2.05, 4.69) is 24.1 Å². The van der Waals surface area contributed by atoms with Gasteiger partial charge in [-0.25, -0.2) is 17.7 Å². The molecule has 8 heteroatoms. The van der Waals surface area contributed by atoms with E-state index in [4.69, 9.17) is 0 Å². The van der Waals surface area contributed by atoms with Gasteiger partial charge >= 0.3 is 0 Å². The molecule has 1 atom stereocenters. The summed E-state index contributed by atoms with van der Waals surface area (Å²) >= 11 is 0. The molecule has 1 aromatic rings. The monoisotopic (exact) mass is 370 g/mol. The van der Waals surface area contributed by atoms with E-state index in [1.807, 2.05) is 6.92 Å². The molecule has 0 bridgehead atoms. The predicted octanol–water partition coefficient (Wildman–Crippen LogP) is 1.76. The van der Waals surface area contributed by atoms with Crippen LogP contribution in [0.15, 0.2) is 17.2 Å². The number of hydrogen-bond donors (Lipinski definition) is 1. The highest BCUT2D eigenvalue weighted by Crippen LogP contribution is 2.20. The van der Waals surface area contributed by atoms with Crippen molar-refractivity contribution in [2.45, 2.75) is 46.6 Å². The van der Waals surface area contributed by atoms with Gasteiger partial charge in [0.15, 0.2) is 5.82 Å². The van der Waals surface area contributed by atoms with Crippen LogP contribution in [0.1, 0.15) is 40.0 Å². The fourth-order valence-electron chi connectivity index (χ4n) is 3.02. The van der Waals surface area contributed by atoms with E-state index in [0.29, 0.717) is 44.3 Å². The van der Waals surface area contributed by atoms with E-state index in [1.54, 1.807) is 21.3 Å². The molecule has 0 unspecified atom stereocenters. The van der Waals surface area contributed by atoms with Gasteiger partial charge in [0.05, 0.1) is 5.75 Å². The van der Waals surface area contributed by atoms with Gasteiger partial charge in [0.2, 0.25) is 10.0 Å². The van der Waals surface area contributed by atoms with Gasteiger partial charge < -0.3 is 9.88 Å². The lowest BCUT2D eigenvalue weighted by atomic mass is 10.1. The molecule has 1 aromatic heterocycles. The van der Waals surface area contributed by atoms with Crippen molar-refractivity contribution in [3.05, 3.63) is 22.7 Å². The summed E-state index contributed by atoms with van der Waals surface area (Å²) in [6.07, 6.45) is 5.71. The molecule has 0 aliphatic carbocycles. The molecule has 2 heterocycles. The first-order valence-electron chi connectivity index (χ1n) is 9.10. The average molecular weight is 371 g/mol. The van der Waals surface area contributed by atoms with Crippen LogP contribution in [0.2, 0.25) is 0 Å². The minimum absolute atomic E-state index is 0.123. The third kappa shape index (κ3) is 5.54. The normalized spacial score (nSPS) is 18.8. The van der Waals surface area contributed by atoms with Crippen molar-refractivity contribution in [2.24, 2.45) is 11.8 Å². The Balaban J connectivity index is 1.92. The first-order chi connectivity index (χ1) is 11.8. The highest BCUT2D eigenvalue weighted by molar-refractivity contribution is 7.89. The molecule has 0 amide bonds. The zero-order valence-corrected chi connectivity index (χ0v) is 16.3. The van der Waals surface area contributed by atoms with Gasteiger partial charge in [-0.05, 0) is 24.7 Å². The quantitative estimate of drug-likeness (QED) is 0.716. The molecular formula is C17H30N4O3S. The third-order valence-electron chi connectivity index (χ3n) is 4.43. The second-order valence-electron chi connectivity index (χ2n) is 7.19. The molecule has 1 N–H and O–H groups in total. The first-order valence-corrected chi connectivity index (χ1v) is 10.7. The average Bonchev–Trinajstić information content (AvgIpc) is 3.03. The summed E-state index contributed by atoms with van der Waals surface area (Å²) in [7, 11) is -3.14. The molecule has 1 fully saturated rings. The first kappa shape index (κ1) is 19.9. The van der Waals surface area contributed by atoms with Crippen molar-refractivity contribution in [3.63, 3.8) is 0 Å². The number of nitrogens with zero attached hydrogens (tertiary/aromatic N) is 3. The number of hydrogen-bond acceptors (Lipinski definition) is 5. The smallest absolute Gasteiger partial charge is 0.293 e. The minimum Gasteiger partial charge on any atom is -0.365 e. The lowest BCUT2D eigenvalue weighted by Gasteiger charge is -2.17. The summed E-state index contributed by atoms with van der Waals surface area (Å²) in [5.41, 5.74) is -0.123. The molecule has 1 aliphatic heterocycles. The maximum absolute atomic E-state index is 12.4. The van der Waals surface area contributed by atoms with Crippen LogP contribution < -0.4 is 10.9 Å². The summed E-state index contributed by atoms with van der Waals surface area (Å²) in [5, 5.41) is 3.12. The maximum Gasteiger partial charge on any atom is 0.293 e. The number of sulfonamides is 1. The summed E-state index contributed by atoms with van der Waals surface area (Å²) in [6.45, 7) is 8.42. The van der Waals surface area contributed by atoms with Crippen molar-refractivity contribution in [3.8, 4) is 0 Å². The molecule has 1 saturated heterocycles. The Kier molecular flexibility index (Phi) is 7.01. The molecule has 25 heavy (non-hydrogen) atoms. The highest BCUT2D eigenvalue weighted by Gasteiger charge is 2.30. The zero-order valence-electron chi connectivity index (χ0n) is 15.4. The molecule has 142 valence electrons. The maximum atomic E-state index is 12.4. The van der Waals surface area contributed by atoms with E-state index in [0.717, 1.165) is 12.8 Å². The summed E-state index contributed by atoms with van der Waals surface area (Å²) < 4.78 is 27.8. The van der Waals surface area contributed by atoms with E-state index in [-0.39, 0.29) is 17.2 Å². The van der Waals surface area contributed by atoms with Gasteiger partial charge in [0.25, 0.3) is 5.56 Å². The molecule has 1 aliphatic rings. The number of aromatic nitrogens is 2. The number of unbranched alkanes of at least 4 members (excludes halogenated alkanes) is 1. The lowest BCUT2D eigenvalue weighted by Crippen LogP contribution is -2.32. The van der Waals surface area contributed by atoms with Crippen LogP contribution >= 0.6 is 0 Å². The minimum atomic E-state index is -3.14. The molecule has 2 rings (SSSR count). The van der Waals surface area contributed by atoms with Gasteiger partial charge in [0, 0.05) is 38.6 Å². The van der Waals surface area contributed by atoms with Gasteiger partial charge in [-0.3, -0.25) is 4.79 Å². The SMILES string of the molecule is CCCCS(=O)(=O)N1CC[C@H](CNc2nccn(CC(C)C)c2=O)C1. The van der Waals surface area contributed by atoms with Gasteiger partial charge in [-0.2, -0.15) is 0 Å². The van der Waals surface area contributed by atoms with E-state index in [1.165, 1.54) is 0 Å². The summed E-state index contributed by atoms with van der Waals surface area (Å²) in [5.74, 6) is 1.15. The summed E-state index contributed by atoms with van der Waals surface area (Å²) in [4.78, 5) is 16.5. The molecule has 0 radical (unpaired) electrons. The Morgan fingerprint density at radius 3 is 2.84 bits per heavy atom. The second-order valence-corrected chi connectivity index (χ2v) is 9.28. The fourth-order valence-corrected chi connectivity index (χ4v) is 4.75. The number of rotatable bonds is 9. The van der Waals surface area contributed by atoms with Gasteiger partial charge in [-0.1, -0.05) is 27.2 Å². The van der Waals surface area contributed by atoms with Crippen LogP contribution in [-0.2, 0) is 16.6 Å². The Morgan fingerprint density at radius 1 is 1.40 bits per heavy atom. The van der Waals surface area contributed by atoms with Gasteiger partial charge in [0.1, 0.15) is 0 Å². The predicted molar refractivity (Wildman–Crippen MR) is 100 cm³/mol. The second kappa shape index (κ2) is 8.80. The standard InChI is InChI=1S/C17H30N4O3S/c1-4-5-10-25(23,24)21-8-6-15(13-21)11-19-16-17(22)20(9-7-18-16)12-14(2)3/h7,9,14-15H,4-6,8,10-13H2,1-3H3,(H,18,19)/t15-/m1/s1. The van der Waals surface area contributed by atoms with Crippen LogP contribution in [0.3, 0.4) is 0 Å². The Labute approximate surface area is 150 Å². The van der Waals surface area contributed by atoms with E-state index >= 15 is 0 Å². The van der Waals surface area contributed by atoms with Crippen molar-refractivity contribution in [1.29, 1.82) is 0 Å². The molecule has 7 nitrogen and oxygen atoms in total. The highest BCUT2D eigenvalue weighted by atomic mass is 32.2. The van der Waals surface area contributed by atoms with E-state index in [9.17, 15) is 13.2 Å². The van der Waals surface area contributed by atoms with Gasteiger partial charge in [-0.15, -0.1) is 0 Å². The summed E-state index contributed by atoms with van der Waals surface area (Å²) in [6, 6.07) is 0. The molecular weight excluding hydrogens is 340 g/mol. The molecule has 0 aromatic carbocycles. The van der Waals surface area contributed by atoms with Crippen LogP contribution in [0.4, 0.5) is 5.82 Å². The fraction of sp³-hybridized carbons (Fsp3) is 0.765. The lowest BCUT2D eigenvalue weighted by molar-refractivity contribution is 0.459. The number of nitrogens with one attached hydrogen (secondary N) is 1.